The fraction of sp³-hybridized carbons (Fsp3) is 0.176. The lowest BCUT2D eigenvalue weighted by Crippen LogP contribution is -1.95. The third-order valence-corrected chi connectivity index (χ3v) is 7.39. The molecule has 0 saturated heterocycles. The highest BCUT2D eigenvalue weighted by molar-refractivity contribution is 7.14. The van der Waals surface area contributed by atoms with Crippen LogP contribution >= 0.6 is 69.4 Å². The van der Waals surface area contributed by atoms with E-state index in [2.05, 4.69) is 19.9 Å². The van der Waals surface area contributed by atoms with Gasteiger partial charge in [-0.25, -0.2) is 29.5 Å². The van der Waals surface area contributed by atoms with Gasteiger partial charge < -0.3 is 16.4 Å². The standard InChI is InChI=1S/C9H8N2O2S2.C8H5ClN2O2S2.ClH.H3N/c1-2-7-10-5(3-14-7)8-11-6(4-15-8)9(12)13;9-1-6-10-4(2-14-6)7-11-5(3-15-7)8(12)13;;/h3-4H,2H2,1H3,(H,12,13);2-3H,1H2,(H,12,13);1H;1H3. The summed E-state index contributed by atoms with van der Waals surface area (Å²) in [7, 11) is 0. The molecular formula is C17H17Cl2N5O4S4. The molecule has 5 N–H and O–H groups in total. The van der Waals surface area contributed by atoms with Gasteiger partial charge in [-0.3, -0.25) is 0 Å². The minimum Gasteiger partial charge on any atom is -0.476 e. The van der Waals surface area contributed by atoms with E-state index in [1.54, 1.807) is 11.3 Å². The molecule has 172 valence electrons. The van der Waals surface area contributed by atoms with Crippen molar-refractivity contribution in [3.8, 4) is 21.4 Å². The largest absolute Gasteiger partial charge is 0.476 e. The molecule has 0 atom stereocenters. The van der Waals surface area contributed by atoms with Crippen LogP contribution in [0.2, 0.25) is 0 Å². The summed E-state index contributed by atoms with van der Waals surface area (Å²) in [4.78, 5) is 37.7. The number of halogens is 2. The molecule has 0 amide bonds. The molecule has 0 aliphatic carbocycles. The maximum absolute atomic E-state index is 10.6. The molecule has 0 fully saturated rings. The summed E-state index contributed by atoms with van der Waals surface area (Å²) in [5.74, 6) is -1.66. The lowest BCUT2D eigenvalue weighted by molar-refractivity contribution is 0.0681. The molecule has 0 radical (unpaired) electrons. The Morgan fingerprint density at radius 1 is 0.812 bits per heavy atom. The SMILES string of the molecule is CCc1nc(-c2nc(C(=O)O)cs2)cs1.Cl.N.O=C(O)c1csc(-c2csc(CCl)n2)n1. The maximum Gasteiger partial charge on any atom is 0.355 e. The minimum atomic E-state index is -1.02. The van der Waals surface area contributed by atoms with E-state index in [1.165, 1.54) is 44.8 Å². The Labute approximate surface area is 209 Å². The van der Waals surface area contributed by atoms with Gasteiger partial charge in [0, 0.05) is 21.5 Å². The molecule has 0 bridgehead atoms. The van der Waals surface area contributed by atoms with Crippen LogP contribution in [0.3, 0.4) is 0 Å². The fourth-order valence-electron chi connectivity index (χ4n) is 2.02. The first-order chi connectivity index (χ1) is 14.4. The van der Waals surface area contributed by atoms with Crippen LogP contribution in [0.25, 0.3) is 21.4 Å². The molecule has 0 spiro atoms. The van der Waals surface area contributed by atoms with Gasteiger partial charge in [0.25, 0.3) is 0 Å². The van der Waals surface area contributed by atoms with Gasteiger partial charge in [0.05, 0.1) is 10.9 Å². The average Bonchev–Trinajstić information content (AvgIpc) is 3.53. The number of aryl methyl sites for hydroxylation is 1. The summed E-state index contributed by atoms with van der Waals surface area (Å²) in [6, 6.07) is 0. The van der Waals surface area contributed by atoms with Crippen molar-refractivity contribution in [2.75, 3.05) is 0 Å². The zero-order valence-electron chi connectivity index (χ0n) is 16.3. The molecule has 4 rings (SSSR count). The second kappa shape index (κ2) is 12.9. The highest BCUT2D eigenvalue weighted by Gasteiger charge is 2.13. The van der Waals surface area contributed by atoms with E-state index >= 15 is 0 Å². The fourth-order valence-corrected chi connectivity index (χ4v) is 5.28. The lowest BCUT2D eigenvalue weighted by Gasteiger charge is -1.87. The van der Waals surface area contributed by atoms with Gasteiger partial charge in [-0.15, -0.1) is 69.4 Å². The summed E-state index contributed by atoms with van der Waals surface area (Å²) >= 11 is 11.2. The number of aromatic nitrogens is 4. The second-order valence-corrected chi connectivity index (χ2v) is 9.30. The molecule has 0 aliphatic heterocycles. The number of carboxylic acid groups (broad SMARTS) is 2. The van der Waals surface area contributed by atoms with Crippen molar-refractivity contribution in [2.45, 2.75) is 19.2 Å². The van der Waals surface area contributed by atoms with Crippen LogP contribution in [0, 0.1) is 0 Å². The summed E-state index contributed by atoms with van der Waals surface area (Å²) in [5.41, 5.74) is 1.60. The first-order valence-corrected chi connectivity index (χ1v) is 12.3. The van der Waals surface area contributed by atoms with Crippen molar-refractivity contribution >= 4 is 81.3 Å². The number of carbonyl (C=O) groups is 2. The van der Waals surface area contributed by atoms with E-state index in [-0.39, 0.29) is 29.9 Å². The normalized spacial score (nSPS) is 9.81. The van der Waals surface area contributed by atoms with Crippen LogP contribution in [0.1, 0.15) is 37.9 Å². The van der Waals surface area contributed by atoms with E-state index in [4.69, 9.17) is 21.8 Å². The van der Waals surface area contributed by atoms with Crippen LogP contribution in [0.15, 0.2) is 21.5 Å². The van der Waals surface area contributed by atoms with Crippen molar-refractivity contribution in [3.63, 3.8) is 0 Å². The Bertz CT molecular complexity index is 1080. The molecule has 9 nitrogen and oxygen atoms in total. The van der Waals surface area contributed by atoms with Crippen molar-refractivity contribution in [1.82, 2.24) is 26.1 Å². The quantitative estimate of drug-likeness (QED) is 0.250. The van der Waals surface area contributed by atoms with Crippen LogP contribution < -0.4 is 6.15 Å². The number of aromatic carboxylic acids is 2. The third-order valence-electron chi connectivity index (χ3n) is 3.41. The van der Waals surface area contributed by atoms with Gasteiger partial charge in [-0.2, -0.15) is 0 Å². The predicted molar refractivity (Wildman–Crippen MR) is 132 cm³/mol. The molecule has 0 aromatic carbocycles. The summed E-state index contributed by atoms with van der Waals surface area (Å²) in [5, 5.41) is 27.3. The van der Waals surface area contributed by atoms with Crippen LogP contribution in [0.5, 0.6) is 0 Å². The van der Waals surface area contributed by atoms with E-state index in [0.29, 0.717) is 21.6 Å². The number of hydrogen-bond acceptors (Lipinski definition) is 11. The zero-order chi connectivity index (χ0) is 21.7. The molecule has 0 unspecified atom stereocenters. The van der Waals surface area contributed by atoms with Gasteiger partial charge in [0.1, 0.15) is 26.4 Å². The Balaban J connectivity index is 0.000000301. The topological polar surface area (TPSA) is 161 Å². The van der Waals surface area contributed by atoms with Crippen LogP contribution in [0.4, 0.5) is 0 Å². The monoisotopic (exact) mass is 553 g/mol. The Hall–Kier alpha value is -2.00. The van der Waals surface area contributed by atoms with E-state index in [1.807, 2.05) is 17.7 Å². The number of nitrogens with zero attached hydrogens (tertiary/aromatic N) is 4. The van der Waals surface area contributed by atoms with Crippen molar-refractivity contribution in [2.24, 2.45) is 0 Å². The number of thiazole rings is 4. The van der Waals surface area contributed by atoms with Gasteiger partial charge in [0.2, 0.25) is 0 Å². The van der Waals surface area contributed by atoms with Crippen LogP contribution in [-0.4, -0.2) is 42.1 Å². The second-order valence-electron chi connectivity index (χ2n) is 5.43. The van der Waals surface area contributed by atoms with Gasteiger partial charge in [-0.1, -0.05) is 6.92 Å². The average molecular weight is 555 g/mol. The molecule has 15 heteroatoms. The van der Waals surface area contributed by atoms with Gasteiger partial charge >= 0.3 is 11.9 Å². The van der Waals surface area contributed by atoms with Crippen molar-refractivity contribution in [3.05, 3.63) is 42.9 Å². The molecule has 4 aromatic heterocycles. The number of carboxylic acids is 2. The highest BCUT2D eigenvalue weighted by atomic mass is 35.5. The molecule has 0 aliphatic rings. The van der Waals surface area contributed by atoms with Crippen LogP contribution in [-0.2, 0) is 12.3 Å². The Kier molecular flexibility index (Phi) is 11.3. The van der Waals surface area contributed by atoms with E-state index in [0.717, 1.165) is 22.1 Å². The maximum atomic E-state index is 10.6. The van der Waals surface area contributed by atoms with Gasteiger partial charge in [-0.05, 0) is 6.42 Å². The molecule has 4 aromatic rings. The van der Waals surface area contributed by atoms with Crippen molar-refractivity contribution < 1.29 is 19.8 Å². The lowest BCUT2D eigenvalue weighted by atomic mass is 10.4. The van der Waals surface area contributed by atoms with Crippen molar-refractivity contribution in [1.29, 1.82) is 0 Å². The first kappa shape index (κ1) is 28.0. The summed E-state index contributed by atoms with van der Waals surface area (Å²) in [6.07, 6.45) is 0.891. The van der Waals surface area contributed by atoms with E-state index in [9.17, 15) is 9.59 Å². The zero-order valence-corrected chi connectivity index (χ0v) is 21.2. The smallest absolute Gasteiger partial charge is 0.355 e. The predicted octanol–water partition coefficient (Wildman–Crippen LogP) is 5.81. The number of hydrogen-bond donors (Lipinski definition) is 3. The molecule has 0 saturated carbocycles. The number of rotatable bonds is 6. The highest BCUT2D eigenvalue weighted by Crippen LogP contribution is 2.26. The first-order valence-electron chi connectivity index (χ1n) is 8.24. The molecular weight excluding hydrogens is 537 g/mol. The minimum absolute atomic E-state index is 0. The third kappa shape index (κ3) is 7.00. The van der Waals surface area contributed by atoms with E-state index < -0.39 is 11.9 Å². The molecule has 4 heterocycles. The number of alkyl halides is 1. The molecule has 32 heavy (non-hydrogen) atoms. The van der Waals surface area contributed by atoms with Gasteiger partial charge in [0.15, 0.2) is 11.4 Å². The summed E-state index contributed by atoms with van der Waals surface area (Å²) in [6.45, 7) is 2.03. The Morgan fingerprint density at radius 3 is 1.56 bits per heavy atom. The Morgan fingerprint density at radius 2 is 1.25 bits per heavy atom. The summed E-state index contributed by atoms with van der Waals surface area (Å²) < 4.78 is 0.